The van der Waals surface area contributed by atoms with Crippen molar-refractivity contribution < 1.29 is 184 Å². The smallest absolute Gasteiger partial charge is 1.00 e. The van der Waals surface area contributed by atoms with Crippen LogP contribution in [0.25, 0.3) is 0 Å². The van der Waals surface area contributed by atoms with E-state index in [1.54, 1.807) is 0 Å². The van der Waals surface area contributed by atoms with Crippen LogP contribution in [0.2, 0.25) is 0 Å². The van der Waals surface area contributed by atoms with E-state index in [1.807, 2.05) is 0 Å². The standard InChI is InChI=1S/C6H12O6.Na.7H2O4S.H/c7-1-2-3(8)4(9)5(10)6(11)12-2;;7*1-5(2,3)4;/h2-11H,1H2;;7*(H2,1,2,3,4);/q;+1;;;;;;;;-1/t2-,3-,4+,5-,6?;;;;;;;;;/m1........./s1. The Balaban J connectivity index is -0.0000000549. The van der Waals surface area contributed by atoms with Gasteiger partial charge in [0.1, 0.15) is 24.4 Å². The Morgan fingerprint density at radius 2 is 0.521 bits per heavy atom. The van der Waals surface area contributed by atoms with Crippen LogP contribution in [-0.4, -0.2) is 186 Å². The van der Waals surface area contributed by atoms with Crippen molar-refractivity contribution in [1.29, 1.82) is 0 Å². The summed E-state index contributed by atoms with van der Waals surface area (Å²) in [5.74, 6) is 0. The summed E-state index contributed by atoms with van der Waals surface area (Å²) >= 11 is 0. The fraction of sp³-hybridized carbons (Fsp3) is 1.00. The van der Waals surface area contributed by atoms with Gasteiger partial charge >= 0.3 is 102 Å². The van der Waals surface area contributed by atoms with Gasteiger partial charge in [-0.3, -0.25) is 63.7 Å². The van der Waals surface area contributed by atoms with Crippen molar-refractivity contribution in [3.05, 3.63) is 0 Å². The first-order valence-electron chi connectivity index (χ1n) is 8.45. The normalized spacial score (nSPS) is 20.8. The van der Waals surface area contributed by atoms with E-state index in [2.05, 4.69) is 4.74 Å². The molecule has 0 spiro atoms. The summed E-state index contributed by atoms with van der Waals surface area (Å²) < 4.78 is 226. The number of hydrogen-bond acceptors (Lipinski definition) is 20. The molecule has 0 radical (unpaired) electrons. The van der Waals surface area contributed by atoms with Gasteiger partial charge in [-0.05, 0) is 0 Å². The maximum absolute atomic E-state index is 9.12. The first-order valence-corrected chi connectivity index (χ1v) is 18.2. The molecule has 1 aliphatic heterocycles. The van der Waals surface area contributed by atoms with E-state index in [1.165, 1.54) is 0 Å². The van der Waals surface area contributed by atoms with Crippen LogP contribution < -0.4 is 29.6 Å². The summed E-state index contributed by atoms with van der Waals surface area (Å²) in [4.78, 5) is 0. The molecule has 1 heterocycles. The minimum Gasteiger partial charge on any atom is -1.00 e. The van der Waals surface area contributed by atoms with Crippen molar-refractivity contribution in [2.75, 3.05) is 6.61 Å². The topological polar surface area (TPSA) is 633 Å². The molecule has 0 saturated carbocycles. The van der Waals surface area contributed by atoms with Gasteiger partial charge in [-0.1, -0.05) is 0 Å². The first kappa shape index (κ1) is 66.1. The SMILES string of the molecule is O=S(=O)(O)O.O=S(=O)(O)O.O=S(=O)(O)O.O=S(=O)(O)O.O=S(=O)(O)O.O=S(=O)(O)O.O=S(=O)(O)O.OC[C@H]1OC(O)[C@H](O)[C@@H](O)[C@@H]1O.[H-].[Na+]. The zero-order valence-corrected chi connectivity index (χ0v) is 29.8. The molecule has 0 bridgehead atoms. The molecule has 34 nitrogen and oxygen atoms in total. The van der Waals surface area contributed by atoms with Crippen molar-refractivity contribution in [2.24, 2.45) is 0 Å². The number of ether oxygens (including phenoxy) is 1. The van der Waals surface area contributed by atoms with Gasteiger partial charge < -0.3 is 31.7 Å². The van der Waals surface area contributed by atoms with Gasteiger partial charge in [-0.15, -0.1) is 0 Å². The maximum Gasteiger partial charge on any atom is 1.00 e. The molecular weight excluding hydrogens is 863 g/mol. The largest absolute Gasteiger partial charge is 1.00 e. The zero-order valence-electron chi connectivity index (χ0n) is 23.1. The quantitative estimate of drug-likeness (QED) is 0.0858. The Morgan fingerprint density at radius 3 is 0.646 bits per heavy atom. The van der Waals surface area contributed by atoms with E-state index in [-0.39, 0.29) is 31.0 Å². The van der Waals surface area contributed by atoms with Crippen LogP contribution in [0.5, 0.6) is 0 Å². The minimum atomic E-state index is -4.67. The maximum atomic E-state index is 9.12. The van der Waals surface area contributed by atoms with E-state index in [0.29, 0.717) is 0 Å². The Hall–Kier alpha value is -0.150. The predicted molar refractivity (Wildman–Crippen MR) is 136 cm³/mol. The van der Waals surface area contributed by atoms with E-state index >= 15 is 0 Å². The molecule has 1 saturated heterocycles. The number of hydrogen-bond donors (Lipinski definition) is 19. The van der Waals surface area contributed by atoms with E-state index in [0.717, 1.165) is 0 Å². The molecule has 42 heteroatoms. The molecule has 1 fully saturated rings. The van der Waals surface area contributed by atoms with Gasteiger partial charge in [0, 0.05) is 0 Å². The number of aliphatic hydroxyl groups excluding tert-OH is 5. The Bertz CT molecular complexity index is 1220. The Morgan fingerprint density at radius 1 is 0.375 bits per heavy atom. The van der Waals surface area contributed by atoms with Gasteiger partial charge in [-0.2, -0.15) is 58.9 Å². The molecule has 0 aromatic rings. The zero-order chi connectivity index (χ0) is 40.8. The average molecular weight is 891 g/mol. The molecule has 298 valence electrons. The summed E-state index contributed by atoms with van der Waals surface area (Å²) in [5, 5.41) is 44.7. The number of aliphatic hydroxyl groups is 5. The second kappa shape index (κ2) is 28.4. The van der Waals surface area contributed by atoms with Crippen LogP contribution >= 0.6 is 0 Å². The Kier molecular flexibility index (Phi) is 39.2. The van der Waals surface area contributed by atoms with Crippen LogP contribution in [0.15, 0.2) is 0 Å². The third-order valence-electron chi connectivity index (χ3n) is 1.87. The van der Waals surface area contributed by atoms with Gasteiger partial charge in [0.15, 0.2) is 6.29 Å². The first-order chi connectivity index (χ1) is 19.6. The molecule has 5 atom stereocenters. The van der Waals surface area contributed by atoms with Crippen LogP contribution in [0.1, 0.15) is 1.43 Å². The fourth-order valence-electron chi connectivity index (χ4n) is 1.08. The molecular formula is C6H27NaO34S7. The van der Waals surface area contributed by atoms with Crippen molar-refractivity contribution in [3.8, 4) is 0 Å². The van der Waals surface area contributed by atoms with E-state index < -0.39 is 110 Å². The average Bonchev–Trinajstić information content (AvgIpc) is 2.60. The molecule has 1 rings (SSSR count). The molecule has 48 heavy (non-hydrogen) atoms. The van der Waals surface area contributed by atoms with E-state index in [9.17, 15) is 0 Å². The summed E-state index contributed by atoms with van der Waals surface area (Å²) in [7, 11) is -32.7. The third kappa shape index (κ3) is 193. The summed E-state index contributed by atoms with van der Waals surface area (Å²) in [6.07, 6.45) is -7.04. The second-order valence-corrected chi connectivity index (χ2v) is 12.1. The molecule has 1 unspecified atom stereocenters. The fourth-order valence-corrected chi connectivity index (χ4v) is 1.08. The van der Waals surface area contributed by atoms with Gasteiger partial charge in [0.05, 0.1) is 6.61 Å². The summed E-state index contributed by atoms with van der Waals surface area (Å²) in [5.41, 5.74) is 0. The summed E-state index contributed by atoms with van der Waals surface area (Å²) in [6, 6.07) is 0. The van der Waals surface area contributed by atoms with Gasteiger partial charge in [-0.25, -0.2) is 0 Å². The monoisotopic (exact) mass is 890 g/mol. The number of rotatable bonds is 1. The molecule has 0 amide bonds. The molecule has 1 aliphatic rings. The van der Waals surface area contributed by atoms with Crippen LogP contribution in [0, 0.1) is 0 Å². The second-order valence-electron chi connectivity index (χ2n) is 5.85. The van der Waals surface area contributed by atoms with E-state index in [4.69, 9.17) is 148 Å². The van der Waals surface area contributed by atoms with Crippen LogP contribution in [0.3, 0.4) is 0 Å². The predicted octanol–water partition coefficient (Wildman–Crippen LogP) is -10.7. The van der Waals surface area contributed by atoms with Gasteiger partial charge in [0.25, 0.3) is 0 Å². The van der Waals surface area contributed by atoms with Gasteiger partial charge in [0.2, 0.25) is 0 Å². The van der Waals surface area contributed by atoms with Crippen molar-refractivity contribution in [1.82, 2.24) is 0 Å². The van der Waals surface area contributed by atoms with Crippen molar-refractivity contribution in [3.63, 3.8) is 0 Å². The Labute approximate surface area is 292 Å². The molecule has 0 aromatic carbocycles. The minimum absolute atomic E-state index is 0. The van der Waals surface area contributed by atoms with Crippen molar-refractivity contribution in [2.45, 2.75) is 30.7 Å². The van der Waals surface area contributed by atoms with Crippen LogP contribution in [-0.2, 0) is 77.5 Å². The van der Waals surface area contributed by atoms with Crippen molar-refractivity contribution >= 4 is 72.8 Å². The summed E-state index contributed by atoms with van der Waals surface area (Å²) in [6.45, 7) is -0.526. The third-order valence-corrected chi connectivity index (χ3v) is 1.87. The van der Waals surface area contributed by atoms with Crippen LogP contribution in [0.4, 0.5) is 0 Å². The molecule has 19 N–H and O–H groups in total. The molecule has 0 aromatic heterocycles. The molecule has 0 aliphatic carbocycles.